The summed E-state index contributed by atoms with van der Waals surface area (Å²) in [6.07, 6.45) is 1.22. The van der Waals surface area contributed by atoms with Crippen LogP contribution >= 0.6 is 0 Å². The molecule has 1 saturated heterocycles. The van der Waals surface area contributed by atoms with Crippen LogP contribution in [0.1, 0.15) is 6.92 Å². The lowest BCUT2D eigenvalue weighted by atomic mass is 9.90. The number of fused-ring (bicyclic) bond motifs is 1. The second kappa shape index (κ2) is 2.96. The molecule has 3 heteroatoms. The molecule has 1 aliphatic heterocycles. The Bertz CT molecular complexity index is 360. The van der Waals surface area contributed by atoms with E-state index in [4.69, 9.17) is 4.74 Å². The summed E-state index contributed by atoms with van der Waals surface area (Å²) in [5.41, 5.74) is -0.183. The minimum absolute atomic E-state index is 0.394. The van der Waals surface area contributed by atoms with Crippen LogP contribution < -0.4 is 0 Å². The number of aliphatic hydroxyl groups is 2. The standard InChI is InChI=1S/C11H12O3/c1-7(2)5-6-11-9(13)4-3-8(12)10(11)14-11/h3-4,8-10,12-13H,1H2,2H3/t8-,9+,10+,11-/m0/s1. The zero-order valence-electron chi connectivity index (χ0n) is 7.90. The molecule has 1 heterocycles. The Kier molecular flexibility index (Phi) is 2.00. The van der Waals surface area contributed by atoms with Crippen molar-refractivity contribution >= 4 is 0 Å². The number of hydrogen-bond donors (Lipinski definition) is 2. The molecule has 4 atom stereocenters. The highest BCUT2D eigenvalue weighted by molar-refractivity contribution is 5.40. The van der Waals surface area contributed by atoms with E-state index in [-0.39, 0.29) is 0 Å². The number of epoxide rings is 1. The quantitative estimate of drug-likeness (QED) is 0.322. The van der Waals surface area contributed by atoms with Crippen LogP contribution in [0, 0.1) is 11.8 Å². The van der Waals surface area contributed by atoms with Crippen molar-refractivity contribution in [3.05, 3.63) is 24.3 Å². The molecule has 74 valence electrons. The van der Waals surface area contributed by atoms with Gasteiger partial charge in [-0.3, -0.25) is 0 Å². The molecule has 1 aliphatic carbocycles. The Morgan fingerprint density at radius 2 is 2.21 bits per heavy atom. The minimum atomic E-state index is -0.896. The first kappa shape index (κ1) is 9.47. The van der Waals surface area contributed by atoms with Gasteiger partial charge in [0.1, 0.15) is 18.3 Å². The molecule has 3 nitrogen and oxygen atoms in total. The van der Waals surface area contributed by atoms with E-state index < -0.39 is 23.9 Å². The number of allylic oxidation sites excluding steroid dienone is 1. The molecule has 0 spiro atoms. The molecule has 0 amide bonds. The lowest BCUT2D eigenvalue weighted by molar-refractivity contribution is 0.144. The van der Waals surface area contributed by atoms with E-state index in [1.807, 2.05) is 0 Å². The molecule has 14 heavy (non-hydrogen) atoms. The molecular formula is C11H12O3. The SMILES string of the molecule is C=C(C)C#C[C@@]12O[C@@H]1[C@@H](O)C=C[C@H]2O. The highest BCUT2D eigenvalue weighted by atomic mass is 16.6. The molecule has 0 bridgehead atoms. The first-order chi connectivity index (χ1) is 6.56. The van der Waals surface area contributed by atoms with Gasteiger partial charge in [0.05, 0.1) is 0 Å². The average Bonchev–Trinajstić information content (AvgIpc) is 2.86. The highest BCUT2D eigenvalue weighted by Gasteiger charge is 2.64. The van der Waals surface area contributed by atoms with E-state index in [9.17, 15) is 10.2 Å². The molecule has 0 aromatic carbocycles. The maximum atomic E-state index is 9.65. The van der Waals surface area contributed by atoms with Gasteiger partial charge in [0.15, 0.2) is 5.60 Å². The fraction of sp³-hybridized carbons (Fsp3) is 0.455. The smallest absolute Gasteiger partial charge is 0.187 e. The van der Waals surface area contributed by atoms with E-state index in [0.29, 0.717) is 5.57 Å². The molecule has 0 unspecified atom stereocenters. The van der Waals surface area contributed by atoms with Gasteiger partial charge in [-0.25, -0.2) is 0 Å². The summed E-state index contributed by atoms with van der Waals surface area (Å²) in [4.78, 5) is 0. The number of ether oxygens (including phenoxy) is 1. The van der Waals surface area contributed by atoms with Crippen LogP contribution in [0.2, 0.25) is 0 Å². The van der Waals surface area contributed by atoms with Crippen LogP contribution in [0.5, 0.6) is 0 Å². The van der Waals surface area contributed by atoms with Gasteiger partial charge < -0.3 is 14.9 Å². The summed E-state index contributed by atoms with van der Waals surface area (Å²) in [7, 11) is 0. The maximum absolute atomic E-state index is 9.65. The van der Waals surface area contributed by atoms with Gasteiger partial charge in [-0.2, -0.15) is 0 Å². The van der Waals surface area contributed by atoms with Crippen LogP contribution in [-0.4, -0.2) is 34.1 Å². The Morgan fingerprint density at radius 3 is 2.86 bits per heavy atom. The van der Waals surface area contributed by atoms with Crippen LogP contribution in [0.15, 0.2) is 24.3 Å². The van der Waals surface area contributed by atoms with Gasteiger partial charge in [0.25, 0.3) is 0 Å². The first-order valence-corrected chi connectivity index (χ1v) is 4.47. The lowest BCUT2D eigenvalue weighted by Gasteiger charge is -2.16. The van der Waals surface area contributed by atoms with Gasteiger partial charge in [-0.15, -0.1) is 0 Å². The summed E-state index contributed by atoms with van der Waals surface area (Å²) in [5, 5.41) is 19.1. The fourth-order valence-corrected chi connectivity index (χ4v) is 1.58. The van der Waals surface area contributed by atoms with Crippen molar-refractivity contribution < 1.29 is 14.9 Å². The second-order valence-electron chi connectivity index (χ2n) is 3.68. The molecule has 1 fully saturated rings. The maximum Gasteiger partial charge on any atom is 0.187 e. The highest BCUT2D eigenvalue weighted by Crippen LogP contribution is 2.44. The summed E-state index contributed by atoms with van der Waals surface area (Å²) >= 11 is 0. The predicted octanol–water partition coefficient (Wildman–Crippen LogP) is -0.00490. The van der Waals surface area contributed by atoms with E-state index >= 15 is 0 Å². The topological polar surface area (TPSA) is 53.0 Å². The predicted molar refractivity (Wildman–Crippen MR) is 51.3 cm³/mol. The Hall–Kier alpha value is -1.08. The number of hydrogen-bond acceptors (Lipinski definition) is 3. The van der Waals surface area contributed by atoms with Crippen LogP contribution in [0.25, 0.3) is 0 Å². The molecule has 2 rings (SSSR count). The normalized spacial score (nSPS) is 43.5. The molecule has 2 N–H and O–H groups in total. The summed E-state index contributed by atoms with van der Waals surface area (Å²) in [6.45, 7) is 5.42. The number of aliphatic hydroxyl groups excluding tert-OH is 2. The summed E-state index contributed by atoms with van der Waals surface area (Å²) in [5.74, 6) is 5.59. The lowest BCUT2D eigenvalue weighted by Crippen LogP contribution is -2.36. The molecule has 0 aromatic heterocycles. The van der Waals surface area contributed by atoms with E-state index in [0.717, 1.165) is 0 Å². The van der Waals surface area contributed by atoms with Crippen LogP contribution in [0.4, 0.5) is 0 Å². The molecule has 2 aliphatic rings. The van der Waals surface area contributed by atoms with Crippen molar-refractivity contribution in [2.45, 2.75) is 30.8 Å². The van der Waals surface area contributed by atoms with Crippen LogP contribution in [-0.2, 0) is 4.74 Å². The monoisotopic (exact) mass is 192 g/mol. The summed E-state index contributed by atoms with van der Waals surface area (Å²) in [6, 6.07) is 0. The van der Waals surface area contributed by atoms with Crippen molar-refractivity contribution in [1.29, 1.82) is 0 Å². The zero-order valence-corrected chi connectivity index (χ0v) is 7.90. The fourth-order valence-electron chi connectivity index (χ4n) is 1.58. The van der Waals surface area contributed by atoms with E-state index in [1.165, 1.54) is 12.2 Å². The van der Waals surface area contributed by atoms with Crippen molar-refractivity contribution in [1.82, 2.24) is 0 Å². The van der Waals surface area contributed by atoms with Gasteiger partial charge in [-0.1, -0.05) is 30.6 Å². The molecule has 0 radical (unpaired) electrons. The van der Waals surface area contributed by atoms with Crippen molar-refractivity contribution in [2.24, 2.45) is 0 Å². The molecule has 0 saturated carbocycles. The van der Waals surface area contributed by atoms with Gasteiger partial charge >= 0.3 is 0 Å². The third kappa shape index (κ3) is 1.28. The van der Waals surface area contributed by atoms with Gasteiger partial charge in [0, 0.05) is 0 Å². The Morgan fingerprint density at radius 1 is 1.50 bits per heavy atom. The van der Waals surface area contributed by atoms with Crippen molar-refractivity contribution in [2.75, 3.05) is 0 Å². The average molecular weight is 192 g/mol. The Labute approximate surface area is 82.7 Å². The second-order valence-corrected chi connectivity index (χ2v) is 3.68. The Balaban J connectivity index is 2.24. The van der Waals surface area contributed by atoms with Gasteiger partial charge in [-0.05, 0) is 12.5 Å². The van der Waals surface area contributed by atoms with E-state index in [1.54, 1.807) is 6.92 Å². The van der Waals surface area contributed by atoms with Gasteiger partial charge in [0.2, 0.25) is 0 Å². The molecule has 0 aromatic rings. The van der Waals surface area contributed by atoms with Crippen molar-refractivity contribution in [3.63, 3.8) is 0 Å². The third-order valence-corrected chi connectivity index (χ3v) is 2.40. The van der Waals surface area contributed by atoms with Crippen LogP contribution in [0.3, 0.4) is 0 Å². The largest absolute Gasteiger partial charge is 0.386 e. The van der Waals surface area contributed by atoms with E-state index in [2.05, 4.69) is 18.4 Å². The van der Waals surface area contributed by atoms with Crippen molar-refractivity contribution in [3.8, 4) is 11.8 Å². The third-order valence-electron chi connectivity index (χ3n) is 2.40. The molecular weight excluding hydrogens is 180 g/mol. The first-order valence-electron chi connectivity index (χ1n) is 4.47. The zero-order chi connectivity index (χ0) is 10.3. The minimum Gasteiger partial charge on any atom is -0.386 e. The summed E-state index contributed by atoms with van der Waals surface area (Å²) < 4.78 is 5.26. The number of rotatable bonds is 0.